The Morgan fingerprint density at radius 3 is 2.42 bits per heavy atom. The predicted octanol–water partition coefficient (Wildman–Crippen LogP) is 5.27. The van der Waals surface area contributed by atoms with Crippen LogP contribution in [0.4, 0.5) is 0 Å². The van der Waals surface area contributed by atoms with Gasteiger partial charge in [-0.1, -0.05) is 52.3 Å². The Bertz CT molecular complexity index is 1240. The molecule has 0 spiro atoms. The lowest BCUT2D eigenvalue weighted by molar-refractivity contribution is 0.0951. The molecule has 3 N–H and O–H groups in total. The summed E-state index contributed by atoms with van der Waals surface area (Å²) in [5, 5.41) is 3.97. The summed E-state index contributed by atoms with van der Waals surface area (Å²) in [7, 11) is 0. The van der Waals surface area contributed by atoms with E-state index in [-0.39, 0.29) is 12.5 Å². The van der Waals surface area contributed by atoms with Gasteiger partial charge in [-0.25, -0.2) is 0 Å². The van der Waals surface area contributed by atoms with E-state index >= 15 is 0 Å². The Balaban J connectivity index is 1.59. The number of rotatable bonds is 7. The number of amides is 2. The Labute approximate surface area is 192 Å². The van der Waals surface area contributed by atoms with Crippen molar-refractivity contribution in [2.45, 2.75) is 13.2 Å². The summed E-state index contributed by atoms with van der Waals surface area (Å²) in [6, 6.07) is 22.3. The number of ether oxygens (including phenoxy) is 1. The predicted molar refractivity (Wildman–Crippen MR) is 126 cm³/mol. The molecule has 4 aromatic rings. The van der Waals surface area contributed by atoms with Gasteiger partial charge in [-0.2, -0.15) is 0 Å². The lowest BCUT2D eigenvalue weighted by atomic mass is 10.1. The van der Waals surface area contributed by atoms with E-state index in [1.807, 2.05) is 48.5 Å². The number of fused-ring (bicyclic) bond motifs is 1. The minimum absolute atomic E-state index is 0.139. The van der Waals surface area contributed by atoms with E-state index in [9.17, 15) is 9.59 Å². The van der Waals surface area contributed by atoms with E-state index in [4.69, 9.17) is 10.5 Å². The fraction of sp³-hybridized carbons (Fsp3) is 0.0833. The zero-order valence-corrected chi connectivity index (χ0v) is 18.8. The van der Waals surface area contributed by atoms with E-state index in [0.717, 1.165) is 25.7 Å². The molecule has 0 fully saturated rings. The van der Waals surface area contributed by atoms with Crippen molar-refractivity contribution in [2.75, 3.05) is 0 Å². The first-order valence-electron chi connectivity index (χ1n) is 9.57. The second-order valence-electron chi connectivity index (χ2n) is 6.87. The number of primary amides is 1. The number of nitrogens with two attached hydrogens (primary N) is 1. The standard InChI is InChI=1S/C24H19BrN2O3S/c25-19-7-4-8-20-21(19)18(14-30-17-11-9-16(10-12-17)23(26)28)22(31-20)24(29)27-13-15-5-2-1-3-6-15/h1-12H,13-14H2,(H2,26,28)(H,27,29). The maximum Gasteiger partial charge on any atom is 0.262 e. The topological polar surface area (TPSA) is 81.4 Å². The van der Waals surface area contributed by atoms with Gasteiger partial charge in [0.1, 0.15) is 12.4 Å². The molecule has 1 aromatic heterocycles. The maximum atomic E-state index is 13.0. The van der Waals surface area contributed by atoms with Gasteiger partial charge >= 0.3 is 0 Å². The number of hydrogen-bond acceptors (Lipinski definition) is 4. The van der Waals surface area contributed by atoms with Crippen LogP contribution >= 0.6 is 27.3 Å². The summed E-state index contributed by atoms with van der Waals surface area (Å²) < 4.78 is 7.87. The average Bonchev–Trinajstić information content (AvgIpc) is 3.17. The number of thiophene rings is 1. The van der Waals surface area contributed by atoms with Gasteiger partial charge in [0, 0.05) is 32.2 Å². The molecule has 0 radical (unpaired) electrons. The normalized spacial score (nSPS) is 10.7. The number of hydrogen-bond donors (Lipinski definition) is 2. The number of halogens is 1. The highest BCUT2D eigenvalue weighted by Crippen LogP contribution is 2.37. The van der Waals surface area contributed by atoms with Crippen molar-refractivity contribution < 1.29 is 14.3 Å². The van der Waals surface area contributed by atoms with Gasteiger partial charge in [-0.05, 0) is 42.0 Å². The number of nitrogens with one attached hydrogen (secondary N) is 1. The number of carbonyl (C=O) groups excluding carboxylic acids is 2. The minimum atomic E-state index is -0.489. The lowest BCUT2D eigenvalue weighted by Crippen LogP contribution is -2.23. The van der Waals surface area contributed by atoms with Crippen LogP contribution in [0.25, 0.3) is 10.1 Å². The molecule has 0 aliphatic carbocycles. The van der Waals surface area contributed by atoms with Crippen molar-refractivity contribution in [2.24, 2.45) is 5.73 Å². The minimum Gasteiger partial charge on any atom is -0.489 e. The largest absolute Gasteiger partial charge is 0.489 e. The van der Waals surface area contributed by atoms with E-state index in [0.29, 0.717) is 22.7 Å². The van der Waals surface area contributed by atoms with E-state index in [1.54, 1.807) is 24.3 Å². The molecule has 7 heteroatoms. The lowest BCUT2D eigenvalue weighted by Gasteiger charge is -2.10. The third-order valence-corrected chi connectivity index (χ3v) is 6.64. The van der Waals surface area contributed by atoms with Gasteiger partial charge in [0.25, 0.3) is 5.91 Å². The molecule has 0 aliphatic rings. The second kappa shape index (κ2) is 9.32. The highest BCUT2D eigenvalue weighted by Gasteiger charge is 2.20. The zero-order valence-electron chi connectivity index (χ0n) is 16.4. The highest BCUT2D eigenvalue weighted by molar-refractivity contribution is 9.10. The van der Waals surface area contributed by atoms with Crippen LogP contribution in [-0.2, 0) is 13.2 Å². The van der Waals surface area contributed by atoms with Crippen LogP contribution in [-0.4, -0.2) is 11.8 Å². The molecule has 0 saturated carbocycles. The van der Waals surface area contributed by atoms with Crippen molar-refractivity contribution in [1.29, 1.82) is 0 Å². The van der Waals surface area contributed by atoms with Crippen molar-refractivity contribution >= 4 is 49.2 Å². The third-order valence-electron chi connectivity index (χ3n) is 4.79. The molecule has 3 aromatic carbocycles. The van der Waals surface area contributed by atoms with Crippen molar-refractivity contribution in [1.82, 2.24) is 5.32 Å². The third kappa shape index (κ3) is 4.78. The fourth-order valence-electron chi connectivity index (χ4n) is 3.22. The summed E-state index contributed by atoms with van der Waals surface area (Å²) in [5.74, 6) is -0.0386. The molecular weight excluding hydrogens is 476 g/mol. The van der Waals surface area contributed by atoms with E-state index in [1.165, 1.54) is 11.3 Å². The molecule has 0 bridgehead atoms. The Morgan fingerprint density at radius 1 is 0.968 bits per heavy atom. The monoisotopic (exact) mass is 494 g/mol. The van der Waals surface area contributed by atoms with Crippen molar-refractivity contribution in [3.63, 3.8) is 0 Å². The molecule has 0 saturated heterocycles. The molecule has 156 valence electrons. The van der Waals surface area contributed by atoms with Crippen LogP contribution in [0, 0.1) is 0 Å². The van der Waals surface area contributed by atoms with Crippen LogP contribution in [0.1, 0.15) is 31.2 Å². The molecule has 1 heterocycles. The fourth-order valence-corrected chi connectivity index (χ4v) is 5.11. The Morgan fingerprint density at radius 2 is 1.71 bits per heavy atom. The molecule has 0 aliphatic heterocycles. The summed E-state index contributed by atoms with van der Waals surface area (Å²) >= 11 is 5.05. The number of benzene rings is 3. The maximum absolute atomic E-state index is 13.0. The molecule has 2 amide bonds. The van der Waals surface area contributed by atoms with Crippen molar-refractivity contribution in [3.8, 4) is 5.75 Å². The molecule has 5 nitrogen and oxygen atoms in total. The summed E-state index contributed by atoms with van der Waals surface area (Å²) in [5.41, 5.74) is 7.55. The van der Waals surface area contributed by atoms with Crippen LogP contribution in [0.5, 0.6) is 5.75 Å². The molecule has 4 rings (SSSR count). The van der Waals surface area contributed by atoms with E-state index < -0.39 is 5.91 Å². The molecule has 0 unspecified atom stereocenters. The van der Waals surface area contributed by atoms with Gasteiger partial charge < -0.3 is 15.8 Å². The Kier molecular flexibility index (Phi) is 6.34. The van der Waals surface area contributed by atoms with E-state index in [2.05, 4.69) is 21.2 Å². The highest BCUT2D eigenvalue weighted by atomic mass is 79.9. The molecule has 31 heavy (non-hydrogen) atoms. The Hall–Kier alpha value is -3.16. The van der Waals surface area contributed by atoms with Crippen molar-refractivity contribution in [3.05, 3.63) is 98.8 Å². The SMILES string of the molecule is NC(=O)c1ccc(OCc2c(C(=O)NCc3ccccc3)sc3cccc(Br)c23)cc1. The summed E-state index contributed by atoms with van der Waals surface area (Å²) in [6.45, 7) is 0.663. The smallest absolute Gasteiger partial charge is 0.262 e. The average molecular weight is 495 g/mol. The van der Waals surface area contributed by atoms with Crippen LogP contribution < -0.4 is 15.8 Å². The molecule has 0 atom stereocenters. The van der Waals surface area contributed by atoms with Gasteiger partial charge in [0.15, 0.2) is 0 Å². The second-order valence-corrected chi connectivity index (χ2v) is 8.77. The molecular formula is C24H19BrN2O3S. The first kappa shape index (κ1) is 21.1. The summed E-state index contributed by atoms with van der Waals surface area (Å²) in [4.78, 5) is 24.9. The quantitative estimate of drug-likeness (QED) is 0.367. The van der Waals surface area contributed by atoms with Crippen LogP contribution in [0.15, 0.2) is 77.3 Å². The van der Waals surface area contributed by atoms with Gasteiger partial charge in [-0.15, -0.1) is 11.3 Å². The van der Waals surface area contributed by atoms with Crippen LogP contribution in [0.3, 0.4) is 0 Å². The first-order valence-corrected chi connectivity index (χ1v) is 11.2. The zero-order chi connectivity index (χ0) is 21.8. The first-order chi connectivity index (χ1) is 15.0. The number of carbonyl (C=O) groups is 2. The van der Waals surface area contributed by atoms with Gasteiger partial charge in [-0.3, -0.25) is 9.59 Å². The van der Waals surface area contributed by atoms with Gasteiger partial charge in [0.05, 0.1) is 4.88 Å². The van der Waals surface area contributed by atoms with Gasteiger partial charge in [0.2, 0.25) is 5.91 Å². The van der Waals surface area contributed by atoms with Crippen LogP contribution in [0.2, 0.25) is 0 Å². The summed E-state index contributed by atoms with van der Waals surface area (Å²) in [6.07, 6.45) is 0.